The number of carbonyl (C=O) groups is 1. The van der Waals surface area contributed by atoms with Gasteiger partial charge < -0.3 is 4.90 Å². The van der Waals surface area contributed by atoms with Crippen LogP contribution in [0.3, 0.4) is 0 Å². The first-order valence-electron chi connectivity index (χ1n) is 6.53. The van der Waals surface area contributed by atoms with Crippen molar-refractivity contribution in [3.8, 4) is 0 Å². The number of nitrogens with zero attached hydrogens (tertiary/aromatic N) is 2. The third kappa shape index (κ3) is 2.75. The van der Waals surface area contributed by atoms with E-state index in [2.05, 4.69) is 10.2 Å². The molecule has 0 saturated heterocycles. The average Bonchev–Trinajstić information content (AvgIpc) is 2.92. The first-order valence-corrected chi connectivity index (χ1v) is 7.73. The molecule has 0 fully saturated rings. The van der Waals surface area contributed by atoms with Crippen molar-refractivity contribution in [2.24, 2.45) is 0 Å². The minimum atomic E-state index is -0.306. The number of hydrogen-bond donors (Lipinski definition) is 1. The highest BCUT2D eigenvalue weighted by Crippen LogP contribution is 2.23. The van der Waals surface area contributed by atoms with Crippen LogP contribution in [0.1, 0.15) is 15.4 Å². The van der Waals surface area contributed by atoms with Crippen LogP contribution >= 0.6 is 22.9 Å². The minimum Gasteiger partial charge on any atom is -0.335 e. The van der Waals surface area contributed by atoms with Crippen molar-refractivity contribution < 1.29 is 4.79 Å². The van der Waals surface area contributed by atoms with E-state index in [4.69, 9.17) is 11.6 Å². The molecule has 2 aromatic heterocycles. The van der Waals surface area contributed by atoms with Gasteiger partial charge >= 0.3 is 0 Å². The van der Waals surface area contributed by atoms with Crippen LogP contribution in [-0.2, 0) is 6.54 Å². The van der Waals surface area contributed by atoms with E-state index in [-0.39, 0.29) is 17.2 Å². The Morgan fingerprint density at radius 3 is 2.68 bits per heavy atom. The van der Waals surface area contributed by atoms with Crippen LogP contribution in [0.25, 0.3) is 10.8 Å². The highest BCUT2D eigenvalue weighted by Gasteiger charge is 2.18. The molecule has 1 amide bonds. The van der Waals surface area contributed by atoms with Crippen LogP contribution < -0.4 is 5.56 Å². The van der Waals surface area contributed by atoms with Crippen LogP contribution in [-0.4, -0.2) is 28.1 Å². The first-order chi connectivity index (χ1) is 10.6. The second-order valence-electron chi connectivity index (χ2n) is 4.81. The van der Waals surface area contributed by atoms with Gasteiger partial charge in [-0.3, -0.25) is 9.59 Å². The summed E-state index contributed by atoms with van der Waals surface area (Å²) < 4.78 is 0.684. The van der Waals surface area contributed by atoms with E-state index >= 15 is 0 Å². The quantitative estimate of drug-likeness (QED) is 0.801. The maximum absolute atomic E-state index is 12.6. The third-order valence-electron chi connectivity index (χ3n) is 3.27. The van der Waals surface area contributed by atoms with Crippen LogP contribution in [0.4, 0.5) is 0 Å². The van der Waals surface area contributed by atoms with Crippen LogP contribution in [0.5, 0.6) is 0 Å². The molecule has 0 aliphatic heterocycles. The molecule has 22 heavy (non-hydrogen) atoms. The van der Waals surface area contributed by atoms with Gasteiger partial charge in [-0.05, 0) is 18.2 Å². The topological polar surface area (TPSA) is 66.1 Å². The zero-order valence-electron chi connectivity index (χ0n) is 11.7. The summed E-state index contributed by atoms with van der Waals surface area (Å²) in [6.07, 6.45) is 0. The first kappa shape index (κ1) is 14.7. The maximum atomic E-state index is 12.6. The number of nitrogens with one attached hydrogen (secondary N) is 1. The molecule has 0 bridgehead atoms. The summed E-state index contributed by atoms with van der Waals surface area (Å²) in [5.41, 5.74) is -0.0693. The molecule has 1 aromatic carbocycles. The highest BCUT2D eigenvalue weighted by molar-refractivity contribution is 7.16. The lowest BCUT2D eigenvalue weighted by Gasteiger charge is -2.16. The van der Waals surface area contributed by atoms with Crippen molar-refractivity contribution in [1.29, 1.82) is 0 Å². The number of aromatic amines is 1. The summed E-state index contributed by atoms with van der Waals surface area (Å²) in [5, 5.41) is 7.30. The van der Waals surface area contributed by atoms with Gasteiger partial charge in [-0.15, -0.1) is 11.3 Å². The van der Waals surface area contributed by atoms with Crippen molar-refractivity contribution in [1.82, 2.24) is 15.1 Å². The fourth-order valence-corrected chi connectivity index (χ4v) is 3.34. The fourth-order valence-electron chi connectivity index (χ4n) is 2.20. The molecule has 5 nitrogen and oxygen atoms in total. The van der Waals surface area contributed by atoms with Gasteiger partial charge in [-0.25, -0.2) is 5.10 Å². The van der Waals surface area contributed by atoms with Gasteiger partial charge in [0.15, 0.2) is 5.69 Å². The van der Waals surface area contributed by atoms with Crippen molar-refractivity contribution >= 4 is 39.6 Å². The maximum Gasteiger partial charge on any atom is 0.275 e. The molecule has 112 valence electrons. The van der Waals surface area contributed by atoms with Crippen molar-refractivity contribution in [3.05, 3.63) is 61.7 Å². The van der Waals surface area contributed by atoms with Gasteiger partial charge in [0.05, 0.1) is 16.3 Å². The second-order valence-corrected chi connectivity index (χ2v) is 6.61. The molecule has 7 heteroatoms. The summed E-state index contributed by atoms with van der Waals surface area (Å²) in [6, 6.07) is 10.6. The number of carbonyl (C=O) groups excluding carboxylic acids is 1. The Morgan fingerprint density at radius 2 is 2.00 bits per heavy atom. The molecule has 0 radical (unpaired) electrons. The highest BCUT2D eigenvalue weighted by atomic mass is 35.5. The monoisotopic (exact) mass is 333 g/mol. The summed E-state index contributed by atoms with van der Waals surface area (Å²) in [5.74, 6) is -0.253. The van der Waals surface area contributed by atoms with Crippen molar-refractivity contribution in [2.75, 3.05) is 7.05 Å². The lowest BCUT2D eigenvalue weighted by Crippen LogP contribution is -2.28. The zero-order valence-corrected chi connectivity index (χ0v) is 13.2. The molecule has 3 rings (SSSR count). The lowest BCUT2D eigenvalue weighted by atomic mass is 10.1. The van der Waals surface area contributed by atoms with E-state index in [9.17, 15) is 9.59 Å². The number of thiophene rings is 1. The Hall–Kier alpha value is -2.18. The van der Waals surface area contributed by atoms with E-state index in [1.807, 2.05) is 6.07 Å². The smallest absolute Gasteiger partial charge is 0.275 e. The summed E-state index contributed by atoms with van der Waals surface area (Å²) >= 11 is 7.33. The largest absolute Gasteiger partial charge is 0.335 e. The summed E-state index contributed by atoms with van der Waals surface area (Å²) in [7, 11) is 1.69. The number of rotatable bonds is 3. The molecule has 0 unspecified atom stereocenters. The number of benzene rings is 1. The number of amides is 1. The van der Waals surface area contributed by atoms with Crippen LogP contribution in [0.2, 0.25) is 4.34 Å². The predicted molar refractivity (Wildman–Crippen MR) is 87.5 cm³/mol. The molecule has 1 N–H and O–H groups in total. The van der Waals surface area contributed by atoms with E-state index in [1.165, 1.54) is 11.3 Å². The number of aromatic nitrogens is 2. The van der Waals surface area contributed by atoms with Crippen molar-refractivity contribution in [2.45, 2.75) is 6.54 Å². The summed E-state index contributed by atoms with van der Waals surface area (Å²) in [6.45, 7) is 0.436. The lowest BCUT2D eigenvalue weighted by molar-refractivity contribution is 0.0781. The van der Waals surface area contributed by atoms with E-state index in [0.29, 0.717) is 21.7 Å². The average molecular weight is 334 g/mol. The van der Waals surface area contributed by atoms with Gasteiger partial charge in [0, 0.05) is 17.3 Å². The van der Waals surface area contributed by atoms with Crippen molar-refractivity contribution in [3.63, 3.8) is 0 Å². The fraction of sp³-hybridized carbons (Fsp3) is 0.133. The normalized spacial score (nSPS) is 10.8. The zero-order chi connectivity index (χ0) is 15.7. The Bertz CT molecular complexity index is 903. The van der Waals surface area contributed by atoms with E-state index < -0.39 is 0 Å². The van der Waals surface area contributed by atoms with Crippen LogP contribution in [0, 0.1) is 0 Å². The van der Waals surface area contributed by atoms with Gasteiger partial charge in [0.1, 0.15) is 0 Å². The van der Waals surface area contributed by atoms with Gasteiger partial charge in [0.2, 0.25) is 0 Å². The molecule has 0 aliphatic carbocycles. The Kier molecular flexibility index (Phi) is 3.96. The number of halogens is 1. The SMILES string of the molecule is CN(Cc1ccc(Cl)s1)C(=O)c1n[nH]c(=O)c2ccccc12. The third-order valence-corrected chi connectivity index (χ3v) is 4.48. The predicted octanol–water partition coefficient (Wildman–Crippen LogP) is 2.91. The van der Waals surface area contributed by atoms with E-state index in [1.54, 1.807) is 42.3 Å². The van der Waals surface area contributed by atoms with Crippen LogP contribution in [0.15, 0.2) is 41.2 Å². The Balaban J connectivity index is 1.95. The Morgan fingerprint density at radius 1 is 1.27 bits per heavy atom. The Labute approximate surface area is 135 Å². The molecule has 0 atom stereocenters. The van der Waals surface area contributed by atoms with Gasteiger partial charge in [-0.1, -0.05) is 29.8 Å². The summed E-state index contributed by atoms with van der Waals surface area (Å²) in [4.78, 5) is 26.9. The van der Waals surface area contributed by atoms with Gasteiger partial charge in [-0.2, -0.15) is 5.10 Å². The molecule has 0 aliphatic rings. The minimum absolute atomic E-state index is 0.236. The molecular weight excluding hydrogens is 322 g/mol. The van der Waals surface area contributed by atoms with Gasteiger partial charge in [0.25, 0.3) is 11.5 Å². The molecular formula is C15H12ClN3O2S. The molecule has 3 aromatic rings. The second kappa shape index (κ2) is 5.90. The number of H-pyrrole nitrogens is 1. The molecule has 0 saturated carbocycles. The molecule has 2 heterocycles. The standard InChI is InChI=1S/C15H12ClN3O2S/c1-19(8-9-6-7-12(16)22-9)15(21)13-10-4-2-3-5-11(10)14(20)18-17-13/h2-7H,8H2,1H3,(H,18,20). The number of fused-ring (bicyclic) bond motifs is 1. The van der Waals surface area contributed by atoms with E-state index in [0.717, 1.165) is 4.88 Å². The molecule has 0 spiro atoms. The number of hydrogen-bond acceptors (Lipinski definition) is 4.